The fourth-order valence-corrected chi connectivity index (χ4v) is 2.42. The number of rotatable bonds is 8. The predicted octanol–water partition coefficient (Wildman–Crippen LogP) is 4.64. The van der Waals surface area contributed by atoms with Crippen molar-refractivity contribution in [3.8, 4) is 5.75 Å². The van der Waals surface area contributed by atoms with Gasteiger partial charge in [0.15, 0.2) is 17.5 Å². The van der Waals surface area contributed by atoms with Crippen molar-refractivity contribution in [2.24, 2.45) is 4.99 Å². The van der Waals surface area contributed by atoms with Gasteiger partial charge in [0.25, 0.3) is 0 Å². The number of hydrogen-bond acceptors (Lipinski definition) is 4. The lowest BCUT2D eigenvalue weighted by Crippen LogP contribution is -2.42. The lowest BCUT2D eigenvalue weighted by molar-refractivity contribution is 0.191. The Balaban J connectivity index is 0.00000420. The number of oxazole rings is 1. The summed E-state index contributed by atoms with van der Waals surface area (Å²) in [5.74, 6) is 1.93. The van der Waals surface area contributed by atoms with Crippen molar-refractivity contribution in [2.45, 2.75) is 59.1 Å². The third-order valence-corrected chi connectivity index (χ3v) is 4.09. The Morgan fingerprint density at radius 1 is 1.24 bits per heavy atom. The van der Waals surface area contributed by atoms with Crippen LogP contribution in [0.25, 0.3) is 0 Å². The number of benzene rings is 1. The maximum atomic E-state index is 13.8. The number of ether oxygens (including phenoxy) is 1. The normalized spacial score (nSPS) is 12.8. The Hall–Kier alpha value is -1.84. The lowest BCUT2D eigenvalue weighted by atomic mass is 9.94. The molecule has 162 valence electrons. The minimum Gasteiger partial charge on any atom is -0.486 e. The molecule has 2 rings (SSSR count). The Morgan fingerprint density at radius 3 is 2.55 bits per heavy atom. The van der Waals surface area contributed by atoms with Gasteiger partial charge < -0.3 is 19.8 Å². The van der Waals surface area contributed by atoms with E-state index >= 15 is 0 Å². The summed E-state index contributed by atoms with van der Waals surface area (Å²) >= 11 is 0. The zero-order chi connectivity index (χ0) is 20.6. The molecule has 1 atom stereocenters. The van der Waals surface area contributed by atoms with Crippen molar-refractivity contribution >= 4 is 29.9 Å². The highest BCUT2D eigenvalue weighted by Gasteiger charge is 2.19. The maximum absolute atomic E-state index is 13.8. The van der Waals surface area contributed by atoms with Crippen LogP contribution in [0.1, 0.15) is 52.7 Å². The average molecular weight is 518 g/mol. The summed E-state index contributed by atoms with van der Waals surface area (Å²) in [6.07, 6.45) is 2.30. The van der Waals surface area contributed by atoms with Crippen LogP contribution >= 0.6 is 24.0 Å². The molecule has 6 nitrogen and oxygen atoms in total. The molecule has 0 fully saturated rings. The van der Waals surface area contributed by atoms with E-state index in [9.17, 15) is 4.39 Å². The second kappa shape index (κ2) is 12.0. The molecule has 0 aliphatic heterocycles. The smallest absolute Gasteiger partial charge is 0.216 e. The molecule has 0 radical (unpaired) electrons. The fourth-order valence-electron chi connectivity index (χ4n) is 2.42. The average Bonchev–Trinajstić information content (AvgIpc) is 3.14. The summed E-state index contributed by atoms with van der Waals surface area (Å²) in [5, 5.41) is 6.43. The van der Waals surface area contributed by atoms with E-state index in [0.717, 1.165) is 18.7 Å². The summed E-state index contributed by atoms with van der Waals surface area (Å²) in [7, 11) is 0. The summed E-state index contributed by atoms with van der Waals surface area (Å²) in [6, 6.07) is 6.42. The summed E-state index contributed by atoms with van der Waals surface area (Å²) in [4.78, 5) is 8.81. The molecule has 0 spiro atoms. The largest absolute Gasteiger partial charge is 0.486 e. The Morgan fingerprint density at radius 2 is 1.97 bits per heavy atom. The van der Waals surface area contributed by atoms with Gasteiger partial charge in [-0.05, 0) is 25.5 Å². The number of para-hydroxylation sites is 1. The Bertz CT molecular complexity index is 774. The van der Waals surface area contributed by atoms with Crippen molar-refractivity contribution in [1.82, 2.24) is 15.6 Å². The van der Waals surface area contributed by atoms with Gasteiger partial charge in [-0.25, -0.2) is 14.4 Å². The van der Waals surface area contributed by atoms with Gasteiger partial charge in [-0.2, -0.15) is 0 Å². The van der Waals surface area contributed by atoms with Crippen LogP contribution in [0.3, 0.4) is 0 Å². The van der Waals surface area contributed by atoms with Crippen LogP contribution in [0.4, 0.5) is 4.39 Å². The second-order valence-corrected chi connectivity index (χ2v) is 7.52. The molecule has 1 unspecified atom stereocenters. The van der Waals surface area contributed by atoms with Gasteiger partial charge >= 0.3 is 0 Å². The van der Waals surface area contributed by atoms with E-state index < -0.39 is 0 Å². The lowest BCUT2D eigenvalue weighted by Gasteiger charge is -2.20. The molecule has 8 heteroatoms. The fraction of sp³-hybridized carbons (Fsp3) is 0.524. The first-order chi connectivity index (χ1) is 13.3. The van der Waals surface area contributed by atoms with Gasteiger partial charge in [0.2, 0.25) is 5.89 Å². The van der Waals surface area contributed by atoms with Crippen molar-refractivity contribution in [3.63, 3.8) is 0 Å². The number of nitrogens with one attached hydrogen (secondary N) is 2. The standard InChI is InChI=1S/C21H31FN4O2.HI/c1-6-15(27-17-11-9-8-10-16(17)22)12-25-20(23-7-2)26-14-19-24-13-18(28-19)21(3,4)5;/h8-11,13,15H,6-7,12,14H2,1-5H3,(H2,23,25,26);1H. The molecule has 0 aliphatic carbocycles. The van der Waals surface area contributed by atoms with E-state index in [-0.39, 0.29) is 47.1 Å². The number of hydrogen-bond donors (Lipinski definition) is 2. The molecule has 1 heterocycles. The molecular formula is C21H32FIN4O2. The molecular weight excluding hydrogens is 486 g/mol. The van der Waals surface area contributed by atoms with Crippen LogP contribution in [0.15, 0.2) is 39.9 Å². The number of nitrogens with zero attached hydrogens (tertiary/aromatic N) is 2. The topological polar surface area (TPSA) is 71.7 Å². The molecule has 2 aromatic rings. The van der Waals surface area contributed by atoms with Crippen molar-refractivity contribution in [2.75, 3.05) is 13.1 Å². The minimum absolute atomic E-state index is 0. The van der Waals surface area contributed by atoms with E-state index in [0.29, 0.717) is 24.9 Å². The monoisotopic (exact) mass is 518 g/mol. The Labute approximate surface area is 189 Å². The number of aromatic nitrogens is 1. The van der Waals surface area contributed by atoms with Gasteiger partial charge in [-0.3, -0.25) is 0 Å². The van der Waals surface area contributed by atoms with Crippen molar-refractivity contribution in [1.29, 1.82) is 0 Å². The molecule has 0 bridgehead atoms. The summed E-state index contributed by atoms with van der Waals surface area (Å²) in [6.45, 7) is 11.8. The number of halogens is 2. The number of guanidine groups is 1. The van der Waals surface area contributed by atoms with E-state index in [1.807, 2.05) is 13.8 Å². The van der Waals surface area contributed by atoms with E-state index in [4.69, 9.17) is 9.15 Å². The third-order valence-electron chi connectivity index (χ3n) is 4.09. The van der Waals surface area contributed by atoms with Crippen LogP contribution in [0, 0.1) is 5.82 Å². The van der Waals surface area contributed by atoms with Gasteiger partial charge in [-0.15, -0.1) is 24.0 Å². The molecule has 0 saturated heterocycles. The van der Waals surface area contributed by atoms with E-state index in [1.165, 1.54) is 6.07 Å². The second-order valence-electron chi connectivity index (χ2n) is 7.52. The van der Waals surface area contributed by atoms with Gasteiger partial charge in [-0.1, -0.05) is 39.8 Å². The first-order valence-electron chi connectivity index (χ1n) is 9.72. The molecule has 0 saturated carbocycles. The first-order valence-corrected chi connectivity index (χ1v) is 9.72. The van der Waals surface area contributed by atoms with Crippen LogP contribution in [0.2, 0.25) is 0 Å². The zero-order valence-electron chi connectivity index (χ0n) is 17.8. The summed E-state index contributed by atoms with van der Waals surface area (Å²) < 4.78 is 25.4. The molecule has 1 aromatic carbocycles. The minimum atomic E-state index is -0.361. The highest BCUT2D eigenvalue weighted by atomic mass is 127. The quantitative estimate of drug-likeness (QED) is 0.303. The van der Waals surface area contributed by atoms with Crippen LogP contribution in [-0.4, -0.2) is 30.1 Å². The predicted molar refractivity (Wildman–Crippen MR) is 125 cm³/mol. The van der Waals surface area contributed by atoms with Crippen LogP contribution < -0.4 is 15.4 Å². The Kier molecular flexibility index (Phi) is 10.4. The van der Waals surface area contributed by atoms with Gasteiger partial charge in [0, 0.05) is 12.0 Å². The van der Waals surface area contributed by atoms with Crippen molar-refractivity contribution in [3.05, 3.63) is 47.9 Å². The summed E-state index contributed by atoms with van der Waals surface area (Å²) in [5.41, 5.74) is -0.0872. The molecule has 29 heavy (non-hydrogen) atoms. The highest BCUT2D eigenvalue weighted by Crippen LogP contribution is 2.22. The third kappa shape index (κ3) is 8.20. The van der Waals surface area contributed by atoms with Crippen LogP contribution in [0.5, 0.6) is 5.75 Å². The van der Waals surface area contributed by atoms with Crippen LogP contribution in [-0.2, 0) is 12.0 Å². The molecule has 1 aromatic heterocycles. The molecule has 0 aliphatic rings. The van der Waals surface area contributed by atoms with Gasteiger partial charge in [0.1, 0.15) is 18.4 Å². The number of aliphatic imine (C=N–C) groups is 1. The first kappa shape index (κ1) is 25.2. The van der Waals surface area contributed by atoms with E-state index in [2.05, 4.69) is 41.4 Å². The van der Waals surface area contributed by atoms with E-state index in [1.54, 1.807) is 24.4 Å². The maximum Gasteiger partial charge on any atom is 0.216 e. The zero-order valence-corrected chi connectivity index (χ0v) is 20.1. The van der Waals surface area contributed by atoms with Gasteiger partial charge in [0.05, 0.1) is 12.7 Å². The highest BCUT2D eigenvalue weighted by molar-refractivity contribution is 14.0. The van der Waals surface area contributed by atoms with Crippen molar-refractivity contribution < 1.29 is 13.5 Å². The SMILES string of the molecule is CCNC(=NCc1ncc(C(C)(C)C)o1)NCC(CC)Oc1ccccc1F.I. The molecule has 0 amide bonds. The molecule has 2 N–H and O–H groups in total.